The largest absolute Gasteiger partial charge is 0.492 e. The van der Waals surface area contributed by atoms with Crippen molar-refractivity contribution < 1.29 is 32.0 Å². The monoisotopic (exact) mass is 552 g/mol. The van der Waals surface area contributed by atoms with Crippen molar-refractivity contribution in [3.05, 3.63) is 60.2 Å². The van der Waals surface area contributed by atoms with E-state index in [9.17, 15) is 9.13 Å². The van der Waals surface area contributed by atoms with Crippen molar-refractivity contribution in [2.45, 2.75) is 39.5 Å². The molecule has 0 saturated heterocycles. The average molecular weight is 553 g/mol. The summed E-state index contributed by atoms with van der Waals surface area (Å²) in [5.41, 5.74) is 1.47. The van der Waals surface area contributed by atoms with Crippen LogP contribution in [0.15, 0.2) is 54.6 Å². The van der Waals surface area contributed by atoms with Gasteiger partial charge >= 0.3 is 15.2 Å². The molecule has 9 nitrogen and oxygen atoms in total. The molecule has 2 aromatic rings. The molecule has 2 rings (SSSR count). The number of para-hydroxylation sites is 1. The highest BCUT2D eigenvalue weighted by Crippen LogP contribution is 2.78. The molecule has 0 spiro atoms. The van der Waals surface area contributed by atoms with Crippen LogP contribution in [0, 0.1) is 11.3 Å². The second-order valence-electron chi connectivity index (χ2n) is 7.77. The molecule has 0 aliphatic heterocycles. The Balaban J connectivity index is 2.25. The van der Waals surface area contributed by atoms with E-state index in [0.717, 1.165) is 5.69 Å². The van der Waals surface area contributed by atoms with Crippen molar-refractivity contribution in [2.24, 2.45) is 0 Å². The smallest absolute Gasteiger partial charge is 0.350 e. The summed E-state index contributed by atoms with van der Waals surface area (Å²) in [6.07, 6.45) is 0.407. The minimum atomic E-state index is -3.91. The number of nitrogens with zero attached hydrogens (tertiary/aromatic N) is 2. The Morgan fingerprint density at radius 2 is 1.30 bits per heavy atom. The van der Waals surface area contributed by atoms with E-state index in [0.29, 0.717) is 37.4 Å². The van der Waals surface area contributed by atoms with Crippen LogP contribution in [-0.4, -0.2) is 46.1 Å². The van der Waals surface area contributed by atoms with Crippen LogP contribution >= 0.6 is 15.2 Å². The molecule has 37 heavy (non-hydrogen) atoms. The van der Waals surface area contributed by atoms with E-state index < -0.39 is 20.6 Å². The van der Waals surface area contributed by atoms with Gasteiger partial charge in [-0.3, -0.25) is 9.13 Å². The first-order valence-electron chi connectivity index (χ1n) is 12.5. The summed E-state index contributed by atoms with van der Waals surface area (Å²) in [7, 11) is -7.83. The quantitative estimate of drug-likeness (QED) is 0.180. The summed E-state index contributed by atoms with van der Waals surface area (Å²) in [4.78, 5) is 2.09. The van der Waals surface area contributed by atoms with Gasteiger partial charge in [-0.15, -0.1) is 0 Å². The van der Waals surface area contributed by atoms with Crippen molar-refractivity contribution in [1.29, 1.82) is 5.26 Å². The highest BCUT2D eigenvalue weighted by atomic mass is 31.2. The first-order valence-corrected chi connectivity index (χ1v) is 15.8. The van der Waals surface area contributed by atoms with Crippen LogP contribution in [0.25, 0.3) is 0 Å². The van der Waals surface area contributed by atoms with Gasteiger partial charge in [0.25, 0.3) is 0 Å². The van der Waals surface area contributed by atoms with Crippen molar-refractivity contribution >= 4 is 20.9 Å². The van der Waals surface area contributed by atoms with Crippen LogP contribution in [0.4, 0.5) is 5.69 Å². The second kappa shape index (κ2) is 15.9. The van der Waals surface area contributed by atoms with E-state index in [1.807, 2.05) is 30.3 Å². The molecule has 0 heterocycles. The second-order valence-corrected chi connectivity index (χ2v) is 12.4. The van der Waals surface area contributed by atoms with E-state index in [4.69, 9.17) is 28.1 Å². The summed E-state index contributed by atoms with van der Waals surface area (Å²) in [5.74, 6) is 0.584. The molecule has 0 radical (unpaired) electrons. The molecule has 0 saturated carbocycles. The lowest BCUT2D eigenvalue weighted by Crippen LogP contribution is -2.29. The fraction of sp³-hybridized carbons (Fsp3) is 0.500. The Kier molecular flexibility index (Phi) is 13.4. The van der Waals surface area contributed by atoms with E-state index in [1.54, 1.807) is 52.0 Å². The molecule has 0 aromatic heterocycles. The Bertz CT molecular complexity index is 1010. The lowest BCUT2D eigenvalue weighted by molar-refractivity contribution is 0.195. The number of ether oxygens (including phenoxy) is 1. The van der Waals surface area contributed by atoms with Crippen molar-refractivity contribution in [2.75, 3.05) is 51.0 Å². The Morgan fingerprint density at radius 1 is 0.784 bits per heavy atom. The molecule has 204 valence electrons. The maximum absolute atomic E-state index is 13.8. The molecule has 0 unspecified atom stereocenters. The number of rotatable bonds is 18. The maximum atomic E-state index is 13.8. The van der Waals surface area contributed by atoms with Crippen LogP contribution in [0.2, 0.25) is 0 Å². The molecule has 2 aromatic carbocycles. The van der Waals surface area contributed by atoms with Gasteiger partial charge in [-0.05, 0) is 57.5 Å². The van der Waals surface area contributed by atoms with Crippen molar-refractivity contribution in [3.8, 4) is 11.8 Å². The van der Waals surface area contributed by atoms with Crippen LogP contribution in [0.3, 0.4) is 0 Å². The number of benzene rings is 2. The topological polar surface area (TPSA) is 107 Å². The van der Waals surface area contributed by atoms with E-state index in [1.165, 1.54) is 0 Å². The molecular weight excluding hydrogens is 514 g/mol. The lowest BCUT2D eigenvalue weighted by Gasteiger charge is -2.31. The molecule has 0 aliphatic carbocycles. The molecule has 0 aliphatic rings. The van der Waals surface area contributed by atoms with Crippen LogP contribution in [0.5, 0.6) is 5.75 Å². The summed E-state index contributed by atoms with van der Waals surface area (Å²) >= 11 is 0. The van der Waals surface area contributed by atoms with Crippen LogP contribution in [0.1, 0.15) is 45.1 Å². The first kappa shape index (κ1) is 31.1. The Morgan fingerprint density at radius 3 is 1.76 bits per heavy atom. The van der Waals surface area contributed by atoms with Gasteiger partial charge in [0.15, 0.2) is 5.40 Å². The highest BCUT2D eigenvalue weighted by molar-refractivity contribution is 7.72. The van der Waals surface area contributed by atoms with Gasteiger partial charge < -0.3 is 27.7 Å². The van der Waals surface area contributed by atoms with Gasteiger partial charge in [-0.2, -0.15) is 5.26 Å². The first-order chi connectivity index (χ1) is 17.9. The molecular formula is C26H38N2O7P2. The van der Waals surface area contributed by atoms with Crippen molar-refractivity contribution in [3.63, 3.8) is 0 Å². The molecule has 11 heteroatoms. The minimum absolute atomic E-state index is 0.108. The zero-order chi connectivity index (χ0) is 27.2. The zero-order valence-corrected chi connectivity index (χ0v) is 23.9. The maximum Gasteiger partial charge on any atom is 0.350 e. The van der Waals surface area contributed by atoms with Crippen LogP contribution < -0.4 is 9.64 Å². The predicted molar refractivity (Wildman–Crippen MR) is 145 cm³/mol. The van der Waals surface area contributed by atoms with Gasteiger partial charge in [0.2, 0.25) is 0 Å². The third-order valence-electron chi connectivity index (χ3n) is 5.26. The fourth-order valence-corrected chi connectivity index (χ4v) is 9.23. The number of hydrogen-bond acceptors (Lipinski definition) is 9. The number of anilines is 1. The van der Waals surface area contributed by atoms with Gasteiger partial charge in [-0.25, -0.2) is 0 Å². The fourth-order valence-electron chi connectivity index (χ4n) is 3.82. The van der Waals surface area contributed by atoms with E-state index >= 15 is 0 Å². The van der Waals surface area contributed by atoms with Gasteiger partial charge in [0.1, 0.15) is 12.4 Å². The number of hydrogen-bond donors (Lipinski definition) is 0. The normalized spacial score (nSPS) is 11.9. The minimum Gasteiger partial charge on any atom is -0.492 e. The van der Waals surface area contributed by atoms with Crippen molar-refractivity contribution in [1.82, 2.24) is 0 Å². The molecule has 0 bridgehead atoms. The zero-order valence-electron chi connectivity index (χ0n) is 22.1. The van der Waals surface area contributed by atoms with Crippen LogP contribution in [-0.2, 0) is 27.2 Å². The number of nitriles is 1. The molecule has 0 atom stereocenters. The molecule has 0 N–H and O–H groups in total. The SMILES string of the molecule is CCOP(=O)(OCC)C(c1ccc(OCCN(CCC#N)c2ccccc2)cc1)P(=O)(OCC)OCC. The van der Waals surface area contributed by atoms with Gasteiger partial charge in [0.05, 0.1) is 45.5 Å². The van der Waals surface area contributed by atoms with E-state index in [2.05, 4.69) is 11.0 Å². The average Bonchev–Trinajstić information content (AvgIpc) is 2.88. The summed E-state index contributed by atoms with van der Waals surface area (Å²) in [6.45, 7) is 8.78. The summed E-state index contributed by atoms with van der Waals surface area (Å²) in [6, 6.07) is 18.8. The Labute approximate surface area is 220 Å². The summed E-state index contributed by atoms with van der Waals surface area (Å²) < 4.78 is 55.8. The highest BCUT2D eigenvalue weighted by Gasteiger charge is 2.51. The van der Waals surface area contributed by atoms with E-state index in [-0.39, 0.29) is 26.4 Å². The van der Waals surface area contributed by atoms with Gasteiger partial charge in [0, 0.05) is 12.2 Å². The third-order valence-corrected chi connectivity index (χ3v) is 11.2. The Hall–Kier alpha value is -2.17. The standard InChI is InChI=1S/C26H38N2O7P2/c1-5-32-36(29,33-6-2)26(37(30,34-7-3)35-8-4)23-15-17-25(18-16-23)31-22-21-28(20-12-19-27)24-13-10-9-11-14-24/h9-11,13-18,26H,5-8,12,20-22H2,1-4H3. The lowest BCUT2D eigenvalue weighted by atomic mass is 10.2. The van der Waals surface area contributed by atoms with Gasteiger partial charge in [-0.1, -0.05) is 30.3 Å². The third kappa shape index (κ3) is 8.97. The molecule has 0 fully saturated rings. The predicted octanol–water partition coefficient (Wildman–Crippen LogP) is 7.02. The molecule has 0 amide bonds. The summed E-state index contributed by atoms with van der Waals surface area (Å²) in [5, 5.41) is 7.76.